The molecule has 1 amide bonds. The molecular formula is C13H14ClN5O2. The summed E-state index contributed by atoms with van der Waals surface area (Å²) in [4.78, 5) is 31.0. The molecule has 0 bridgehead atoms. The van der Waals surface area contributed by atoms with E-state index in [0.717, 1.165) is 0 Å². The summed E-state index contributed by atoms with van der Waals surface area (Å²) < 4.78 is 1.52. The van der Waals surface area contributed by atoms with Crippen LogP contribution >= 0.6 is 11.6 Å². The van der Waals surface area contributed by atoms with Crippen molar-refractivity contribution in [3.05, 3.63) is 39.5 Å². The first-order valence-electron chi connectivity index (χ1n) is 6.16. The second kappa shape index (κ2) is 5.53. The van der Waals surface area contributed by atoms with Gasteiger partial charge in [0.15, 0.2) is 16.7 Å². The van der Waals surface area contributed by atoms with Crippen LogP contribution in [0.1, 0.15) is 30.4 Å². The van der Waals surface area contributed by atoms with E-state index in [0.29, 0.717) is 5.56 Å². The van der Waals surface area contributed by atoms with Gasteiger partial charge in [-0.3, -0.25) is 9.59 Å². The summed E-state index contributed by atoms with van der Waals surface area (Å²) in [5.74, 6) is -0.927. The molecule has 0 aliphatic carbocycles. The summed E-state index contributed by atoms with van der Waals surface area (Å²) in [5.41, 5.74) is 11.2. The Bertz CT molecular complexity index is 770. The summed E-state index contributed by atoms with van der Waals surface area (Å²) in [7, 11) is 0. The van der Waals surface area contributed by atoms with E-state index in [9.17, 15) is 9.59 Å². The van der Waals surface area contributed by atoms with Crippen molar-refractivity contribution >= 4 is 23.3 Å². The van der Waals surface area contributed by atoms with Crippen LogP contribution in [0.25, 0.3) is 11.3 Å². The molecule has 2 aromatic rings. The van der Waals surface area contributed by atoms with E-state index < -0.39 is 5.91 Å². The van der Waals surface area contributed by atoms with E-state index >= 15 is 0 Å². The van der Waals surface area contributed by atoms with E-state index in [4.69, 9.17) is 23.1 Å². The Morgan fingerprint density at radius 1 is 1.33 bits per heavy atom. The summed E-state index contributed by atoms with van der Waals surface area (Å²) >= 11 is 6.02. The zero-order valence-electron chi connectivity index (χ0n) is 11.5. The van der Waals surface area contributed by atoms with Crippen LogP contribution < -0.4 is 17.0 Å². The third-order valence-electron chi connectivity index (χ3n) is 2.88. The van der Waals surface area contributed by atoms with Crippen molar-refractivity contribution in [3.63, 3.8) is 0 Å². The average molecular weight is 308 g/mol. The van der Waals surface area contributed by atoms with Crippen molar-refractivity contribution in [3.8, 4) is 11.3 Å². The molecule has 7 nitrogen and oxygen atoms in total. The highest BCUT2D eigenvalue weighted by atomic mass is 35.5. The molecule has 2 heterocycles. The molecule has 0 spiro atoms. The lowest BCUT2D eigenvalue weighted by atomic mass is 10.2. The van der Waals surface area contributed by atoms with Crippen LogP contribution in [-0.4, -0.2) is 20.4 Å². The number of hydrogen-bond donors (Lipinski definition) is 2. The van der Waals surface area contributed by atoms with E-state index in [1.165, 1.54) is 10.6 Å². The Morgan fingerprint density at radius 3 is 2.57 bits per heavy atom. The number of carbonyl (C=O) groups is 1. The lowest BCUT2D eigenvalue weighted by molar-refractivity contribution is 0.0996. The second-order valence-electron chi connectivity index (χ2n) is 4.72. The van der Waals surface area contributed by atoms with E-state index in [-0.39, 0.29) is 34.0 Å². The zero-order chi connectivity index (χ0) is 15.7. The first-order valence-corrected chi connectivity index (χ1v) is 6.54. The SMILES string of the molecule is CC(C)n1cc(-c2nc(C(N)=O)c(N)nc2Cl)ccc1=O. The highest BCUT2D eigenvalue weighted by Gasteiger charge is 2.16. The lowest BCUT2D eigenvalue weighted by Crippen LogP contribution is -2.21. The Balaban J connectivity index is 2.67. The number of anilines is 1. The van der Waals surface area contributed by atoms with Gasteiger partial charge < -0.3 is 16.0 Å². The van der Waals surface area contributed by atoms with Crippen molar-refractivity contribution in [2.24, 2.45) is 5.73 Å². The molecule has 110 valence electrons. The first-order chi connectivity index (χ1) is 9.81. The largest absolute Gasteiger partial charge is 0.382 e. The number of rotatable bonds is 3. The summed E-state index contributed by atoms with van der Waals surface area (Å²) in [6.45, 7) is 3.74. The van der Waals surface area contributed by atoms with Crippen molar-refractivity contribution < 1.29 is 4.79 Å². The smallest absolute Gasteiger partial charge is 0.271 e. The molecule has 8 heteroatoms. The predicted octanol–water partition coefficient (Wildman–Crippen LogP) is 1.22. The summed E-state index contributed by atoms with van der Waals surface area (Å²) in [5, 5.41) is 0.0338. The quantitative estimate of drug-likeness (QED) is 0.884. The highest BCUT2D eigenvalue weighted by Crippen LogP contribution is 2.26. The molecule has 0 aliphatic rings. The van der Waals surface area contributed by atoms with E-state index in [2.05, 4.69) is 9.97 Å². The fraction of sp³-hybridized carbons (Fsp3) is 0.231. The molecule has 0 saturated heterocycles. The molecule has 4 N–H and O–H groups in total. The van der Waals surface area contributed by atoms with E-state index in [1.807, 2.05) is 13.8 Å². The first kappa shape index (κ1) is 15.0. The van der Waals surface area contributed by atoms with Gasteiger partial charge in [-0.2, -0.15) is 0 Å². The molecular weight excluding hydrogens is 294 g/mol. The number of nitrogens with two attached hydrogens (primary N) is 2. The third kappa shape index (κ3) is 2.87. The standard InChI is InChI=1S/C13H14ClN5O2/c1-6(2)19-5-7(3-4-8(19)20)9-11(14)18-12(15)10(17-9)13(16)21/h3-6H,1-2H3,(H2,15,18)(H2,16,21). The van der Waals surface area contributed by atoms with E-state index in [1.54, 1.807) is 12.3 Å². The van der Waals surface area contributed by atoms with Gasteiger partial charge in [-0.15, -0.1) is 0 Å². The van der Waals surface area contributed by atoms with Crippen LogP contribution in [0, 0.1) is 0 Å². The fourth-order valence-electron chi connectivity index (χ4n) is 1.84. The highest BCUT2D eigenvalue weighted by molar-refractivity contribution is 6.32. The van der Waals surface area contributed by atoms with Gasteiger partial charge >= 0.3 is 0 Å². The summed E-state index contributed by atoms with van der Waals surface area (Å²) in [6, 6.07) is 2.92. The van der Waals surface area contributed by atoms with Crippen LogP contribution in [0.4, 0.5) is 5.82 Å². The molecule has 0 aromatic carbocycles. The number of primary amides is 1. The Kier molecular flexibility index (Phi) is 3.95. The summed E-state index contributed by atoms with van der Waals surface area (Å²) in [6.07, 6.45) is 1.60. The van der Waals surface area contributed by atoms with Gasteiger partial charge in [0, 0.05) is 23.9 Å². The van der Waals surface area contributed by atoms with Crippen LogP contribution in [0.5, 0.6) is 0 Å². The zero-order valence-corrected chi connectivity index (χ0v) is 12.3. The normalized spacial score (nSPS) is 10.9. The maximum absolute atomic E-state index is 11.8. The molecule has 2 aromatic heterocycles. The number of halogens is 1. The van der Waals surface area contributed by atoms with Crippen molar-refractivity contribution in [1.29, 1.82) is 0 Å². The lowest BCUT2D eigenvalue weighted by Gasteiger charge is -2.12. The molecule has 0 saturated carbocycles. The van der Waals surface area contributed by atoms with Crippen molar-refractivity contribution in [2.75, 3.05) is 5.73 Å². The van der Waals surface area contributed by atoms with Crippen LogP contribution in [-0.2, 0) is 0 Å². The van der Waals surface area contributed by atoms with Gasteiger partial charge in [0.25, 0.3) is 11.5 Å². The molecule has 0 radical (unpaired) electrons. The Hall–Kier alpha value is -2.41. The van der Waals surface area contributed by atoms with Gasteiger partial charge in [0.05, 0.1) is 0 Å². The van der Waals surface area contributed by atoms with Crippen LogP contribution in [0.15, 0.2) is 23.1 Å². The molecule has 0 aliphatic heterocycles. The molecule has 0 atom stereocenters. The monoisotopic (exact) mass is 307 g/mol. The number of pyridine rings is 1. The molecule has 2 rings (SSSR count). The average Bonchev–Trinajstić information content (AvgIpc) is 2.39. The number of nitrogens with zero attached hydrogens (tertiary/aromatic N) is 3. The van der Waals surface area contributed by atoms with Crippen molar-refractivity contribution in [2.45, 2.75) is 19.9 Å². The minimum Gasteiger partial charge on any atom is -0.382 e. The topological polar surface area (TPSA) is 117 Å². The van der Waals surface area contributed by atoms with Gasteiger partial charge in [-0.25, -0.2) is 9.97 Å². The molecule has 21 heavy (non-hydrogen) atoms. The van der Waals surface area contributed by atoms with Gasteiger partial charge in [-0.05, 0) is 19.9 Å². The number of amides is 1. The van der Waals surface area contributed by atoms with Crippen molar-refractivity contribution in [1.82, 2.24) is 14.5 Å². The maximum atomic E-state index is 11.8. The van der Waals surface area contributed by atoms with Gasteiger partial charge in [0.1, 0.15) is 5.69 Å². The number of hydrogen-bond acceptors (Lipinski definition) is 5. The maximum Gasteiger partial charge on any atom is 0.271 e. The Labute approximate surface area is 125 Å². The second-order valence-corrected chi connectivity index (χ2v) is 5.08. The Morgan fingerprint density at radius 2 is 2.00 bits per heavy atom. The third-order valence-corrected chi connectivity index (χ3v) is 3.15. The number of carbonyl (C=O) groups excluding carboxylic acids is 1. The fourth-order valence-corrected chi connectivity index (χ4v) is 2.08. The molecule has 0 fully saturated rings. The van der Waals surface area contributed by atoms with Crippen LogP contribution in [0.2, 0.25) is 5.15 Å². The number of nitrogen functional groups attached to an aromatic ring is 1. The van der Waals surface area contributed by atoms with Gasteiger partial charge in [-0.1, -0.05) is 11.6 Å². The minimum absolute atomic E-state index is 0.0337. The van der Waals surface area contributed by atoms with Gasteiger partial charge in [0.2, 0.25) is 0 Å². The predicted molar refractivity (Wildman–Crippen MR) is 80.1 cm³/mol. The minimum atomic E-state index is -0.796. The molecule has 0 unspecified atom stereocenters. The number of aromatic nitrogens is 3. The van der Waals surface area contributed by atoms with Crippen LogP contribution in [0.3, 0.4) is 0 Å².